The second-order valence-corrected chi connectivity index (χ2v) is 9.23. The summed E-state index contributed by atoms with van der Waals surface area (Å²) in [5, 5.41) is 14.3. The van der Waals surface area contributed by atoms with Gasteiger partial charge in [0.2, 0.25) is 5.91 Å². The number of thiazole rings is 1. The van der Waals surface area contributed by atoms with Crippen LogP contribution in [0.3, 0.4) is 0 Å². The minimum absolute atomic E-state index is 0.152. The highest BCUT2D eigenvalue weighted by Crippen LogP contribution is 2.32. The van der Waals surface area contributed by atoms with E-state index in [4.69, 9.17) is 4.74 Å². The number of carbonyl (C=O) groups excluding carboxylic acids is 1. The van der Waals surface area contributed by atoms with Crippen molar-refractivity contribution < 1.29 is 9.53 Å². The summed E-state index contributed by atoms with van der Waals surface area (Å²) in [5.41, 5.74) is 2.68. The summed E-state index contributed by atoms with van der Waals surface area (Å²) in [7, 11) is 1.62. The Bertz CT molecular complexity index is 1250. The first kappa shape index (κ1) is 22.8. The number of para-hydroxylation sites is 1. The number of allylic oxidation sites excluding steroid dienone is 1. The Morgan fingerprint density at radius 3 is 2.73 bits per heavy atom. The third kappa shape index (κ3) is 5.15. The molecule has 4 aromatic rings. The molecule has 0 fully saturated rings. The molecule has 1 amide bonds. The summed E-state index contributed by atoms with van der Waals surface area (Å²) in [6, 6.07) is 17.5. The largest absolute Gasteiger partial charge is 0.496 e. The van der Waals surface area contributed by atoms with Crippen molar-refractivity contribution in [2.24, 2.45) is 0 Å². The lowest BCUT2D eigenvalue weighted by atomic mass is 10.2. The summed E-state index contributed by atoms with van der Waals surface area (Å²) in [6.45, 7) is 6.19. The van der Waals surface area contributed by atoms with Crippen LogP contribution in [0.25, 0.3) is 22.6 Å². The zero-order chi connectivity index (χ0) is 23.2. The molecule has 4 rings (SSSR count). The molecule has 1 N–H and O–H groups in total. The van der Waals surface area contributed by atoms with Crippen LogP contribution in [0.4, 0.5) is 5.13 Å². The van der Waals surface area contributed by atoms with E-state index in [9.17, 15) is 4.79 Å². The van der Waals surface area contributed by atoms with Crippen LogP contribution in [0, 0.1) is 0 Å². The van der Waals surface area contributed by atoms with Gasteiger partial charge in [0.25, 0.3) is 0 Å². The highest BCUT2D eigenvalue weighted by atomic mass is 32.2. The molecule has 0 aliphatic rings. The molecule has 9 heteroatoms. The predicted octanol–water partition coefficient (Wildman–Crippen LogP) is 5.38. The minimum atomic E-state index is -0.410. The van der Waals surface area contributed by atoms with Gasteiger partial charge in [-0.3, -0.25) is 9.36 Å². The zero-order valence-electron chi connectivity index (χ0n) is 18.3. The van der Waals surface area contributed by atoms with Crippen LogP contribution in [-0.4, -0.2) is 38.0 Å². The summed E-state index contributed by atoms with van der Waals surface area (Å²) in [6.07, 6.45) is 1.78. The molecular weight excluding hydrogens is 454 g/mol. The Morgan fingerprint density at radius 1 is 1.21 bits per heavy atom. The van der Waals surface area contributed by atoms with E-state index in [1.165, 1.54) is 23.1 Å². The van der Waals surface area contributed by atoms with E-state index in [2.05, 4.69) is 27.1 Å². The molecule has 0 radical (unpaired) electrons. The van der Waals surface area contributed by atoms with E-state index in [1.807, 2.05) is 71.5 Å². The lowest BCUT2D eigenvalue weighted by Gasteiger charge is -2.13. The number of aromatic nitrogens is 4. The first-order valence-electron chi connectivity index (χ1n) is 10.3. The number of nitrogens with zero attached hydrogens (tertiary/aromatic N) is 4. The predicted molar refractivity (Wildman–Crippen MR) is 134 cm³/mol. The number of ether oxygens (including phenoxy) is 1. The number of hydrogen-bond acceptors (Lipinski definition) is 7. The number of benzene rings is 2. The number of carbonyl (C=O) groups is 1. The molecule has 33 heavy (non-hydrogen) atoms. The van der Waals surface area contributed by atoms with Crippen molar-refractivity contribution in [2.75, 3.05) is 12.4 Å². The highest BCUT2D eigenvalue weighted by Gasteiger charge is 2.22. The molecule has 2 heterocycles. The molecule has 1 atom stereocenters. The van der Waals surface area contributed by atoms with Gasteiger partial charge < -0.3 is 10.1 Å². The van der Waals surface area contributed by atoms with Gasteiger partial charge in [0.05, 0.1) is 23.6 Å². The molecule has 0 saturated heterocycles. The van der Waals surface area contributed by atoms with Crippen LogP contribution in [0.1, 0.15) is 6.92 Å². The molecule has 0 aliphatic heterocycles. The third-order valence-electron chi connectivity index (χ3n) is 4.83. The van der Waals surface area contributed by atoms with Gasteiger partial charge >= 0.3 is 0 Å². The van der Waals surface area contributed by atoms with Gasteiger partial charge in [-0.2, -0.15) is 0 Å². The Hall–Kier alpha value is -3.43. The van der Waals surface area contributed by atoms with Gasteiger partial charge in [-0.15, -0.1) is 28.1 Å². The van der Waals surface area contributed by atoms with E-state index in [0.29, 0.717) is 28.4 Å². The zero-order valence-corrected chi connectivity index (χ0v) is 19.9. The van der Waals surface area contributed by atoms with Gasteiger partial charge in [-0.05, 0) is 19.1 Å². The SMILES string of the molecule is C=CCn1c(SC(C)C(=O)Nc2nc(-c3ccccc3)cs2)nnc1-c1ccccc1OC. The Balaban J connectivity index is 1.49. The summed E-state index contributed by atoms with van der Waals surface area (Å²) in [5.74, 6) is 1.21. The van der Waals surface area contributed by atoms with Gasteiger partial charge in [0.15, 0.2) is 16.1 Å². The molecule has 2 aromatic heterocycles. The third-order valence-corrected chi connectivity index (χ3v) is 6.67. The van der Waals surface area contributed by atoms with Crippen molar-refractivity contribution in [1.82, 2.24) is 19.7 Å². The van der Waals surface area contributed by atoms with Crippen LogP contribution in [0.2, 0.25) is 0 Å². The fourth-order valence-electron chi connectivity index (χ4n) is 3.19. The van der Waals surface area contributed by atoms with Gasteiger partial charge in [0.1, 0.15) is 5.75 Å². The molecule has 0 saturated carbocycles. The fraction of sp³-hybridized carbons (Fsp3) is 0.167. The highest BCUT2D eigenvalue weighted by molar-refractivity contribution is 8.00. The Morgan fingerprint density at radius 2 is 1.97 bits per heavy atom. The number of rotatable bonds is 9. The number of amides is 1. The average molecular weight is 478 g/mol. The minimum Gasteiger partial charge on any atom is -0.496 e. The summed E-state index contributed by atoms with van der Waals surface area (Å²) < 4.78 is 7.40. The molecule has 1 unspecified atom stereocenters. The molecule has 168 valence electrons. The van der Waals surface area contributed by atoms with E-state index >= 15 is 0 Å². The summed E-state index contributed by atoms with van der Waals surface area (Å²) >= 11 is 2.74. The van der Waals surface area contributed by atoms with E-state index < -0.39 is 5.25 Å². The van der Waals surface area contributed by atoms with Crippen LogP contribution in [-0.2, 0) is 11.3 Å². The number of nitrogens with one attached hydrogen (secondary N) is 1. The first-order chi connectivity index (χ1) is 16.1. The van der Waals surface area contributed by atoms with Crippen LogP contribution >= 0.6 is 23.1 Å². The topological polar surface area (TPSA) is 81.9 Å². The molecule has 7 nitrogen and oxygen atoms in total. The Labute approximate surface area is 200 Å². The monoisotopic (exact) mass is 477 g/mol. The average Bonchev–Trinajstić information content (AvgIpc) is 3.47. The summed E-state index contributed by atoms with van der Waals surface area (Å²) in [4.78, 5) is 17.4. The standard InChI is InChI=1S/C24H23N5O2S2/c1-4-14-29-21(18-12-8-9-13-20(18)31-3)27-28-24(29)33-16(2)22(30)26-23-25-19(15-32-23)17-10-6-5-7-11-17/h4-13,15-16H,1,14H2,2-3H3,(H,25,26,30). The smallest absolute Gasteiger partial charge is 0.239 e. The second kappa shape index (κ2) is 10.5. The molecule has 0 bridgehead atoms. The molecule has 0 aliphatic carbocycles. The first-order valence-corrected chi connectivity index (χ1v) is 12.0. The maximum absolute atomic E-state index is 12.8. The molecule has 2 aromatic carbocycles. The van der Waals surface area contributed by atoms with Crippen molar-refractivity contribution >= 4 is 34.1 Å². The fourth-order valence-corrected chi connectivity index (χ4v) is 4.77. The number of hydrogen-bond donors (Lipinski definition) is 1. The number of thioether (sulfide) groups is 1. The maximum atomic E-state index is 12.8. The van der Waals surface area contributed by atoms with E-state index in [1.54, 1.807) is 13.2 Å². The second-order valence-electron chi connectivity index (χ2n) is 7.06. The van der Waals surface area contributed by atoms with Gasteiger partial charge in [-0.1, -0.05) is 60.3 Å². The van der Waals surface area contributed by atoms with E-state index in [0.717, 1.165) is 16.8 Å². The van der Waals surface area contributed by atoms with Gasteiger partial charge in [-0.25, -0.2) is 4.98 Å². The lowest BCUT2D eigenvalue weighted by molar-refractivity contribution is -0.115. The van der Waals surface area contributed by atoms with Gasteiger partial charge in [0, 0.05) is 17.5 Å². The molecular formula is C24H23N5O2S2. The molecule has 0 spiro atoms. The maximum Gasteiger partial charge on any atom is 0.239 e. The van der Waals surface area contributed by atoms with Crippen molar-refractivity contribution in [1.29, 1.82) is 0 Å². The Kier molecular flexibility index (Phi) is 7.21. The quantitative estimate of drug-likeness (QED) is 0.257. The number of methoxy groups -OCH3 is 1. The number of anilines is 1. The van der Waals surface area contributed by atoms with Crippen LogP contribution in [0.15, 0.2) is 77.8 Å². The van der Waals surface area contributed by atoms with E-state index in [-0.39, 0.29) is 5.91 Å². The van der Waals surface area contributed by atoms with Crippen LogP contribution < -0.4 is 10.1 Å². The van der Waals surface area contributed by atoms with Crippen molar-refractivity contribution in [2.45, 2.75) is 23.9 Å². The van der Waals surface area contributed by atoms with Crippen molar-refractivity contribution in [3.8, 4) is 28.4 Å². The normalized spacial score (nSPS) is 11.7. The van der Waals surface area contributed by atoms with Crippen molar-refractivity contribution in [3.05, 3.63) is 72.6 Å². The van der Waals surface area contributed by atoms with Crippen LogP contribution in [0.5, 0.6) is 5.75 Å². The van der Waals surface area contributed by atoms with Crippen molar-refractivity contribution in [3.63, 3.8) is 0 Å². The lowest BCUT2D eigenvalue weighted by Crippen LogP contribution is -2.22.